The van der Waals surface area contributed by atoms with Gasteiger partial charge < -0.3 is 14.3 Å². The summed E-state index contributed by atoms with van der Waals surface area (Å²) in [5, 5.41) is 1.67. The molecule has 0 aliphatic heterocycles. The van der Waals surface area contributed by atoms with Crippen molar-refractivity contribution >= 4 is 23.5 Å². The molecule has 1 rings (SSSR count). The first-order valence-electron chi connectivity index (χ1n) is 8.81. The standard InChI is InChI=1S/C20H28ClNO5/c1-6-26-18(23)12-14-22(27-17-10-8-7-9-15(17)21)16(19(24)25-5)11-13-20(2,3)4/h7-10,12,14,16H,6,11,13H2,1-5H3/b14-12+. The van der Waals surface area contributed by atoms with Crippen LogP contribution < -0.4 is 4.84 Å². The van der Waals surface area contributed by atoms with Crippen LogP contribution in [0.1, 0.15) is 40.5 Å². The fourth-order valence-corrected chi connectivity index (χ4v) is 2.38. The van der Waals surface area contributed by atoms with Gasteiger partial charge in [0.05, 0.1) is 18.7 Å². The van der Waals surface area contributed by atoms with Crippen LogP contribution >= 0.6 is 11.6 Å². The highest BCUT2D eigenvalue weighted by atomic mass is 35.5. The highest BCUT2D eigenvalue weighted by Crippen LogP contribution is 2.28. The van der Waals surface area contributed by atoms with Crippen LogP contribution in [0.2, 0.25) is 5.02 Å². The Morgan fingerprint density at radius 2 is 1.93 bits per heavy atom. The van der Waals surface area contributed by atoms with E-state index in [-0.39, 0.29) is 12.0 Å². The lowest BCUT2D eigenvalue weighted by Crippen LogP contribution is -2.41. The summed E-state index contributed by atoms with van der Waals surface area (Å²) in [7, 11) is 1.31. The number of carbonyl (C=O) groups excluding carboxylic acids is 2. The van der Waals surface area contributed by atoms with Crippen LogP contribution in [-0.4, -0.2) is 36.8 Å². The van der Waals surface area contributed by atoms with E-state index in [2.05, 4.69) is 20.8 Å². The van der Waals surface area contributed by atoms with Crippen LogP contribution in [-0.2, 0) is 19.1 Å². The van der Waals surface area contributed by atoms with E-state index in [1.54, 1.807) is 31.2 Å². The van der Waals surface area contributed by atoms with Gasteiger partial charge in [-0.15, -0.1) is 0 Å². The molecule has 0 aromatic heterocycles. The normalized spacial score (nSPS) is 12.5. The number of para-hydroxylation sites is 1. The third-order valence-electron chi connectivity index (χ3n) is 3.63. The third kappa shape index (κ3) is 8.35. The Hall–Kier alpha value is -2.21. The van der Waals surface area contributed by atoms with E-state index < -0.39 is 18.0 Å². The lowest BCUT2D eigenvalue weighted by atomic mass is 9.88. The Bertz CT molecular complexity index is 654. The number of benzene rings is 1. The van der Waals surface area contributed by atoms with Crippen molar-refractivity contribution in [2.24, 2.45) is 5.41 Å². The van der Waals surface area contributed by atoms with Gasteiger partial charge in [-0.3, -0.25) is 0 Å². The number of esters is 2. The first kappa shape index (κ1) is 22.8. The summed E-state index contributed by atoms with van der Waals surface area (Å²) in [6.45, 7) is 8.20. The Labute approximate surface area is 166 Å². The van der Waals surface area contributed by atoms with Crippen molar-refractivity contribution in [1.82, 2.24) is 5.06 Å². The van der Waals surface area contributed by atoms with Gasteiger partial charge in [-0.25, -0.2) is 14.7 Å². The monoisotopic (exact) mass is 397 g/mol. The van der Waals surface area contributed by atoms with Crippen LogP contribution in [0.15, 0.2) is 36.5 Å². The summed E-state index contributed by atoms with van der Waals surface area (Å²) >= 11 is 6.16. The van der Waals surface area contributed by atoms with Gasteiger partial charge in [0.15, 0.2) is 11.8 Å². The molecule has 0 fully saturated rings. The average molecular weight is 398 g/mol. The molecule has 0 spiro atoms. The predicted octanol–water partition coefficient (Wildman–Crippen LogP) is 4.38. The first-order chi connectivity index (χ1) is 12.7. The molecule has 0 saturated carbocycles. The molecular formula is C20H28ClNO5. The van der Waals surface area contributed by atoms with Crippen LogP contribution in [0.4, 0.5) is 0 Å². The fourth-order valence-electron chi connectivity index (χ4n) is 2.21. The smallest absolute Gasteiger partial charge is 0.332 e. The maximum atomic E-state index is 12.4. The Morgan fingerprint density at radius 3 is 2.48 bits per heavy atom. The molecule has 6 nitrogen and oxygen atoms in total. The van der Waals surface area contributed by atoms with Crippen LogP contribution in [0.3, 0.4) is 0 Å². The lowest BCUT2D eigenvalue weighted by Gasteiger charge is -2.30. The van der Waals surface area contributed by atoms with Crippen molar-refractivity contribution < 1.29 is 23.9 Å². The summed E-state index contributed by atoms with van der Waals surface area (Å²) in [6.07, 6.45) is 3.77. The summed E-state index contributed by atoms with van der Waals surface area (Å²) in [4.78, 5) is 29.9. The molecule has 0 radical (unpaired) electrons. The second-order valence-corrected chi connectivity index (χ2v) is 7.49. The molecule has 0 bridgehead atoms. The molecule has 1 aromatic rings. The molecule has 0 aliphatic carbocycles. The molecule has 0 saturated heterocycles. The minimum absolute atomic E-state index is 0.00713. The second-order valence-electron chi connectivity index (χ2n) is 7.09. The summed E-state index contributed by atoms with van der Waals surface area (Å²) in [5.74, 6) is -0.651. The van der Waals surface area contributed by atoms with Gasteiger partial charge in [0.25, 0.3) is 0 Å². The van der Waals surface area contributed by atoms with Crippen molar-refractivity contribution in [2.45, 2.75) is 46.6 Å². The largest absolute Gasteiger partial charge is 0.467 e. The maximum Gasteiger partial charge on any atom is 0.332 e. The number of ether oxygens (including phenoxy) is 2. The summed E-state index contributed by atoms with van der Waals surface area (Å²) in [5.41, 5.74) is 0.00713. The van der Waals surface area contributed by atoms with Crippen LogP contribution in [0, 0.1) is 5.41 Å². The molecule has 1 atom stereocenters. The number of nitrogens with zero attached hydrogens (tertiary/aromatic N) is 1. The van der Waals surface area contributed by atoms with Crippen molar-refractivity contribution in [3.8, 4) is 5.75 Å². The number of halogens is 1. The van der Waals surface area contributed by atoms with Crippen molar-refractivity contribution in [3.63, 3.8) is 0 Å². The van der Waals surface area contributed by atoms with Crippen LogP contribution in [0.25, 0.3) is 0 Å². The zero-order chi connectivity index (χ0) is 20.4. The number of rotatable bonds is 9. The number of methoxy groups -OCH3 is 1. The van der Waals surface area contributed by atoms with Crippen LogP contribution in [0.5, 0.6) is 5.75 Å². The first-order valence-corrected chi connectivity index (χ1v) is 9.19. The summed E-state index contributed by atoms with van der Waals surface area (Å²) < 4.78 is 9.83. The van der Waals surface area contributed by atoms with Crippen molar-refractivity contribution in [2.75, 3.05) is 13.7 Å². The van der Waals surface area contributed by atoms with Gasteiger partial charge in [-0.05, 0) is 37.3 Å². The van der Waals surface area contributed by atoms with Crippen molar-refractivity contribution in [1.29, 1.82) is 0 Å². The van der Waals surface area contributed by atoms with Crippen molar-refractivity contribution in [3.05, 3.63) is 41.6 Å². The van der Waals surface area contributed by atoms with E-state index in [0.29, 0.717) is 17.2 Å². The summed E-state index contributed by atoms with van der Waals surface area (Å²) in [6, 6.07) is 6.12. The SMILES string of the molecule is CCOC(=O)/C=C/N(Oc1ccccc1Cl)C(CCC(C)(C)C)C(=O)OC. The molecule has 0 N–H and O–H groups in total. The fraction of sp³-hybridized carbons (Fsp3) is 0.500. The van der Waals surface area contributed by atoms with E-state index in [9.17, 15) is 9.59 Å². The van der Waals surface area contributed by atoms with Gasteiger partial charge >= 0.3 is 11.9 Å². The Kier molecular flexibility index (Phi) is 9.15. The van der Waals surface area contributed by atoms with E-state index >= 15 is 0 Å². The molecule has 1 unspecified atom stereocenters. The number of hydrogen-bond donors (Lipinski definition) is 0. The Morgan fingerprint density at radius 1 is 1.26 bits per heavy atom. The van der Waals surface area contributed by atoms with Gasteiger partial charge in [0.1, 0.15) is 0 Å². The maximum absolute atomic E-state index is 12.4. The molecule has 27 heavy (non-hydrogen) atoms. The highest BCUT2D eigenvalue weighted by Gasteiger charge is 2.29. The van der Waals surface area contributed by atoms with E-state index in [0.717, 1.165) is 6.42 Å². The number of hydrogen-bond acceptors (Lipinski definition) is 6. The van der Waals surface area contributed by atoms with Gasteiger partial charge in [0, 0.05) is 12.3 Å². The van der Waals surface area contributed by atoms with Gasteiger partial charge in [0.2, 0.25) is 0 Å². The highest BCUT2D eigenvalue weighted by molar-refractivity contribution is 6.32. The van der Waals surface area contributed by atoms with E-state index in [1.807, 2.05) is 0 Å². The van der Waals surface area contributed by atoms with E-state index in [1.165, 1.54) is 24.4 Å². The molecule has 0 heterocycles. The second kappa shape index (κ2) is 10.8. The number of carbonyl (C=O) groups is 2. The molecule has 150 valence electrons. The Balaban J connectivity index is 3.14. The molecule has 7 heteroatoms. The number of hydroxylamine groups is 2. The molecular weight excluding hydrogens is 370 g/mol. The zero-order valence-electron chi connectivity index (χ0n) is 16.5. The predicted molar refractivity (Wildman–Crippen MR) is 104 cm³/mol. The van der Waals surface area contributed by atoms with Gasteiger partial charge in [-0.2, -0.15) is 0 Å². The lowest BCUT2D eigenvalue weighted by molar-refractivity contribution is -0.158. The molecule has 1 aromatic carbocycles. The molecule has 0 amide bonds. The van der Waals surface area contributed by atoms with Gasteiger partial charge in [-0.1, -0.05) is 44.5 Å². The minimum atomic E-state index is -0.754. The zero-order valence-corrected chi connectivity index (χ0v) is 17.3. The minimum Gasteiger partial charge on any atom is -0.467 e. The average Bonchev–Trinajstić information content (AvgIpc) is 2.60. The molecule has 0 aliphatic rings. The van der Waals surface area contributed by atoms with E-state index in [4.69, 9.17) is 25.9 Å². The topological polar surface area (TPSA) is 65.1 Å². The quantitative estimate of drug-likeness (QED) is 0.350. The third-order valence-corrected chi connectivity index (χ3v) is 3.95.